The normalized spacial score (nSPS) is 49.7. The van der Waals surface area contributed by atoms with Crippen LogP contribution in [0.3, 0.4) is 0 Å². The highest BCUT2D eigenvalue weighted by atomic mass is 16.6. The second-order valence-electron chi connectivity index (χ2n) is 6.74. The molecule has 19 heavy (non-hydrogen) atoms. The zero-order valence-electron chi connectivity index (χ0n) is 11.8. The van der Waals surface area contributed by atoms with E-state index in [4.69, 9.17) is 4.74 Å². The molecule has 0 aromatic carbocycles. The third-order valence-electron chi connectivity index (χ3n) is 5.68. The van der Waals surface area contributed by atoms with Crippen LogP contribution in [0, 0.1) is 11.3 Å². The summed E-state index contributed by atoms with van der Waals surface area (Å²) in [6, 6.07) is 0. The summed E-state index contributed by atoms with van der Waals surface area (Å²) >= 11 is 0. The first kappa shape index (κ1) is 13.1. The van der Waals surface area contributed by atoms with Crippen molar-refractivity contribution in [3.63, 3.8) is 0 Å². The summed E-state index contributed by atoms with van der Waals surface area (Å²) in [7, 11) is 0. The van der Waals surface area contributed by atoms with Gasteiger partial charge in [-0.1, -0.05) is 6.92 Å². The average Bonchev–Trinajstić information content (AvgIpc) is 2.59. The van der Waals surface area contributed by atoms with E-state index in [2.05, 4.69) is 6.92 Å². The molecule has 2 fully saturated rings. The van der Waals surface area contributed by atoms with Crippen LogP contribution in [0.4, 0.5) is 0 Å². The fraction of sp³-hybridized carbons (Fsp3) is 0.800. The van der Waals surface area contributed by atoms with Gasteiger partial charge in [0.2, 0.25) is 0 Å². The summed E-state index contributed by atoms with van der Waals surface area (Å²) in [5.74, 6) is -0.807. The third kappa shape index (κ3) is 1.56. The Kier molecular flexibility index (Phi) is 2.64. The number of fused-ring (bicyclic) bond motifs is 3. The van der Waals surface area contributed by atoms with Gasteiger partial charge < -0.3 is 14.9 Å². The third-order valence-corrected chi connectivity index (χ3v) is 5.68. The van der Waals surface area contributed by atoms with E-state index in [-0.39, 0.29) is 11.4 Å². The van der Waals surface area contributed by atoms with Gasteiger partial charge in [0.25, 0.3) is 0 Å². The highest BCUT2D eigenvalue weighted by Crippen LogP contribution is 2.56. The van der Waals surface area contributed by atoms with Gasteiger partial charge in [0.05, 0.1) is 12.0 Å². The monoisotopic (exact) mass is 266 g/mol. The summed E-state index contributed by atoms with van der Waals surface area (Å²) in [5.41, 5.74) is 0.714. The molecule has 1 saturated heterocycles. The van der Waals surface area contributed by atoms with Gasteiger partial charge in [-0.15, -0.1) is 0 Å². The van der Waals surface area contributed by atoms with Gasteiger partial charge >= 0.3 is 5.97 Å². The van der Waals surface area contributed by atoms with Crippen LogP contribution >= 0.6 is 0 Å². The predicted molar refractivity (Wildman–Crippen MR) is 69.3 cm³/mol. The molecule has 2 aliphatic carbocycles. The zero-order chi connectivity index (χ0) is 14.0. The number of carbonyl (C=O) groups is 1. The van der Waals surface area contributed by atoms with Crippen molar-refractivity contribution in [2.24, 2.45) is 11.3 Å². The summed E-state index contributed by atoms with van der Waals surface area (Å²) in [5, 5.41) is 20.9. The largest absolute Gasteiger partial charge is 0.454 e. The van der Waals surface area contributed by atoms with Crippen molar-refractivity contribution in [1.29, 1.82) is 0 Å². The van der Waals surface area contributed by atoms with E-state index >= 15 is 0 Å². The number of rotatable bonds is 0. The maximum Gasteiger partial charge on any atom is 0.312 e. The molecule has 0 bridgehead atoms. The fourth-order valence-corrected chi connectivity index (χ4v) is 4.13. The zero-order valence-corrected chi connectivity index (χ0v) is 11.8. The lowest BCUT2D eigenvalue weighted by molar-refractivity contribution is -0.143. The Hall–Kier alpha value is -0.870. The quantitative estimate of drug-likeness (QED) is 0.515. The first-order chi connectivity index (χ1) is 8.79. The second kappa shape index (κ2) is 3.83. The highest BCUT2D eigenvalue weighted by molar-refractivity contribution is 5.77. The van der Waals surface area contributed by atoms with Crippen LogP contribution in [-0.4, -0.2) is 34.0 Å². The highest BCUT2D eigenvalue weighted by Gasteiger charge is 2.62. The Labute approximate surface area is 113 Å². The Morgan fingerprint density at radius 3 is 2.68 bits per heavy atom. The topological polar surface area (TPSA) is 66.8 Å². The van der Waals surface area contributed by atoms with Crippen LogP contribution in [0.1, 0.15) is 46.5 Å². The van der Waals surface area contributed by atoms with Crippen LogP contribution in [0.2, 0.25) is 0 Å². The van der Waals surface area contributed by atoms with Crippen LogP contribution in [-0.2, 0) is 9.53 Å². The molecular weight excluding hydrogens is 244 g/mol. The van der Waals surface area contributed by atoms with E-state index in [0.29, 0.717) is 6.42 Å². The second-order valence-corrected chi connectivity index (χ2v) is 6.74. The summed E-state index contributed by atoms with van der Waals surface area (Å²) in [6.07, 6.45) is 2.04. The van der Waals surface area contributed by atoms with E-state index in [1.165, 1.54) is 0 Å². The molecule has 0 aromatic rings. The van der Waals surface area contributed by atoms with E-state index in [1.54, 1.807) is 6.92 Å². The molecule has 0 amide bonds. The lowest BCUT2D eigenvalue weighted by Gasteiger charge is -2.50. The number of hydrogen-bond donors (Lipinski definition) is 2. The molecule has 2 N–H and O–H groups in total. The molecule has 4 nitrogen and oxygen atoms in total. The molecule has 1 aliphatic heterocycles. The van der Waals surface area contributed by atoms with Crippen molar-refractivity contribution >= 4 is 5.97 Å². The number of hydrogen-bond acceptors (Lipinski definition) is 4. The van der Waals surface area contributed by atoms with Gasteiger partial charge in [0.1, 0.15) is 5.60 Å². The van der Waals surface area contributed by atoms with Gasteiger partial charge in [0, 0.05) is 0 Å². The van der Waals surface area contributed by atoms with E-state index in [0.717, 1.165) is 30.4 Å². The molecule has 0 radical (unpaired) electrons. The van der Waals surface area contributed by atoms with Gasteiger partial charge in [-0.25, -0.2) is 0 Å². The first-order valence-corrected chi connectivity index (χ1v) is 7.12. The van der Waals surface area contributed by atoms with Gasteiger partial charge in [0.15, 0.2) is 6.10 Å². The Bertz CT molecular complexity index is 469. The summed E-state index contributed by atoms with van der Waals surface area (Å²) < 4.78 is 5.48. The van der Waals surface area contributed by atoms with Crippen LogP contribution in [0.5, 0.6) is 0 Å². The maximum atomic E-state index is 11.8. The standard InChI is InChI=1S/C15H22O4/c1-8-10(16)4-5-14(3)6-7-15(18)9(2)13(17)19-12(15)11(8)14/h9-10,12,16,18H,4-7H2,1-3H3/t9-,10+,12-,14+,15+/m0/s1. The van der Waals surface area contributed by atoms with Crippen molar-refractivity contribution in [2.75, 3.05) is 0 Å². The van der Waals surface area contributed by atoms with Crippen LogP contribution in [0.15, 0.2) is 11.1 Å². The Balaban J connectivity index is 2.12. The fourth-order valence-electron chi connectivity index (χ4n) is 4.13. The van der Waals surface area contributed by atoms with Crippen molar-refractivity contribution in [1.82, 2.24) is 0 Å². The molecule has 4 heteroatoms. The van der Waals surface area contributed by atoms with E-state index in [1.807, 2.05) is 6.92 Å². The van der Waals surface area contributed by atoms with E-state index in [9.17, 15) is 15.0 Å². The predicted octanol–water partition coefficient (Wildman–Crippen LogP) is 1.55. The molecule has 3 rings (SSSR count). The van der Waals surface area contributed by atoms with Gasteiger partial charge in [-0.05, 0) is 56.1 Å². The smallest absolute Gasteiger partial charge is 0.312 e. The van der Waals surface area contributed by atoms with Gasteiger partial charge in [-0.2, -0.15) is 0 Å². The molecule has 1 saturated carbocycles. The summed E-state index contributed by atoms with van der Waals surface area (Å²) in [4.78, 5) is 11.8. The number of esters is 1. The Morgan fingerprint density at radius 2 is 2.00 bits per heavy atom. The number of carbonyl (C=O) groups excluding carboxylic acids is 1. The van der Waals surface area contributed by atoms with Gasteiger partial charge in [-0.3, -0.25) is 4.79 Å². The lowest BCUT2D eigenvalue weighted by atomic mass is 9.57. The van der Waals surface area contributed by atoms with Crippen molar-refractivity contribution < 1.29 is 19.7 Å². The van der Waals surface area contributed by atoms with Crippen molar-refractivity contribution in [2.45, 2.75) is 64.3 Å². The van der Waals surface area contributed by atoms with Crippen molar-refractivity contribution in [3.05, 3.63) is 11.1 Å². The SMILES string of the molecule is CC1=C2[C@@H]3OC(=O)[C@H](C)[C@]3(O)CC[C@@]2(C)CC[C@H]1O. The van der Waals surface area contributed by atoms with Crippen molar-refractivity contribution in [3.8, 4) is 0 Å². The number of aliphatic hydroxyl groups is 2. The first-order valence-electron chi connectivity index (χ1n) is 7.12. The lowest BCUT2D eigenvalue weighted by Crippen LogP contribution is -2.53. The molecule has 3 aliphatic rings. The molecular formula is C15H22O4. The minimum Gasteiger partial charge on any atom is -0.454 e. The molecule has 0 unspecified atom stereocenters. The summed E-state index contributed by atoms with van der Waals surface area (Å²) in [6.45, 7) is 5.80. The number of aliphatic hydroxyl groups excluding tert-OH is 1. The number of ether oxygens (including phenoxy) is 1. The molecule has 5 atom stereocenters. The molecule has 0 aromatic heterocycles. The molecule has 1 heterocycles. The van der Waals surface area contributed by atoms with Crippen LogP contribution < -0.4 is 0 Å². The van der Waals surface area contributed by atoms with Crippen LogP contribution in [0.25, 0.3) is 0 Å². The minimum atomic E-state index is -1.09. The minimum absolute atomic E-state index is 0.0510. The van der Waals surface area contributed by atoms with E-state index < -0.39 is 23.7 Å². The molecule has 106 valence electrons. The Morgan fingerprint density at radius 1 is 1.32 bits per heavy atom. The molecule has 0 spiro atoms. The maximum absolute atomic E-state index is 11.8. The average molecular weight is 266 g/mol.